The molecule has 1 atom stereocenters. The number of hydrogen-bond acceptors (Lipinski definition) is 3. The van der Waals surface area contributed by atoms with Crippen LogP contribution in [-0.2, 0) is 4.79 Å². The summed E-state index contributed by atoms with van der Waals surface area (Å²) >= 11 is 0. The third kappa shape index (κ3) is 1.39. The minimum Gasteiger partial charge on any atom is -0.480 e. The first-order valence-corrected chi connectivity index (χ1v) is 4.53. The average molecular weight is 208 g/mol. The minimum atomic E-state index is -1.07. The second-order valence-electron chi connectivity index (χ2n) is 3.53. The van der Waals surface area contributed by atoms with Crippen LogP contribution < -0.4 is 5.73 Å². The highest BCUT2D eigenvalue weighted by molar-refractivity contribution is 5.75. The van der Waals surface area contributed by atoms with Crippen molar-refractivity contribution >= 4 is 11.7 Å². The number of nitrogens with one attached hydrogen (secondary N) is 1. The van der Waals surface area contributed by atoms with E-state index in [2.05, 4.69) is 9.97 Å². The monoisotopic (exact) mass is 208 g/mol. The zero-order chi connectivity index (χ0) is 11.2. The van der Waals surface area contributed by atoms with Crippen molar-refractivity contribution < 1.29 is 9.90 Å². The van der Waals surface area contributed by atoms with Crippen molar-refractivity contribution in [3.05, 3.63) is 23.3 Å². The minimum absolute atomic E-state index is 0.397. The van der Waals surface area contributed by atoms with Crippen molar-refractivity contribution in [2.75, 3.05) is 0 Å². The molecule has 15 heavy (non-hydrogen) atoms. The van der Waals surface area contributed by atoms with Crippen LogP contribution in [0.25, 0.3) is 5.78 Å². The third-order valence-corrected chi connectivity index (χ3v) is 2.38. The zero-order valence-electron chi connectivity index (χ0n) is 8.48. The Labute approximate surface area is 85.7 Å². The van der Waals surface area contributed by atoms with E-state index in [0.717, 1.165) is 11.4 Å². The van der Waals surface area contributed by atoms with Crippen molar-refractivity contribution in [2.24, 2.45) is 5.73 Å². The predicted molar refractivity (Wildman–Crippen MR) is 53.6 cm³/mol. The highest BCUT2D eigenvalue weighted by atomic mass is 16.4. The lowest BCUT2D eigenvalue weighted by atomic mass is 10.2. The highest BCUT2D eigenvalue weighted by Crippen LogP contribution is 2.17. The summed E-state index contributed by atoms with van der Waals surface area (Å²) < 4.78 is 1.80. The van der Waals surface area contributed by atoms with Gasteiger partial charge in [0, 0.05) is 17.6 Å². The Hall–Kier alpha value is -1.82. The van der Waals surface area contributed by atoms with E-state index < -0.39 is 12.0 Å². The summed E-state index contributed by atoms with van der Waals surface area (Å²) in [5.41, 5.74) is 7.63. The molecule has 0 bridgehead atoms. The Bertz CT molecular complexity index is 525. The van der Waals surface area contributed by atoms with E-state index in [1.807, 2.05) is 13.1 Å². The fraction of sp³-hybridized carbons (Fsp3) is 0.333. The van der Waals surface area contributed by atoms with Gasteiger partial charge in [0.1, 0.15) is 6.04 Å². The van der Waals surface area contributed by atoms with Gasteiger partial charge >= 0.3 is 5.97 Å². The molecule has 2 aromatic rings. The summed E-state index contributed by atoms with van der Waals surface area (Å²) in [6, 6.07) is -1.07. The lowest BCUT2D eigenvalue weighted by molar-refractivity contribution is -0.138. The molecule has 2 heterocycles. The van der Waals surface area contributed by atoms with Gasteiger partial charge in [-0.3, -0.25) is 9.20 Å². The summed E-state index contributed by atoms with van der Waals surface area (Å²) in [5.74, 6) is -0.452. The number of aliphatic carboxylic acids is 1. The molecule has 0 fully saturated rings. The molecule has 4 N–H and O–H groups in total. The molecule has 0 aliphatic heterocycles. The molecule has 1 unspecified atom stereocenters. The van der Waals surface area contributed by atoms with Gasteiger partial charge in [0.15, 0.2) is 0 Å². The quantitative estimate of drug-likeness (QED) is 0.664. The normalized spacial score (nSPS) is 13.3. The van der Waals surface area contributed by atoms with Gasteiger partial charge in [0.25, 0.3) is 0 Å². The fourth-order valence-electron chi connectivity index (χ4n) is 1.59. The van der Waals surface area contributed by atoms with Gasteiger partial charge in [-0.1, -0.05) is 0 Å². The van der Waals surface area contributed by atoms with Gasteiger partial charge in [-0.05, 0) is 13.8 Å². The molecular formula is C9H12N4O2. The number of carboxylic acids is 1. The Morgan fingerprint density at radius 1 is 1.67 bits per heavy atom. The molecular weight excluding hydrogens is 196 g/mol. The third-order valence-electron chi connectivity index (χ3n) is 2.38. The molecule has 2 rings (SSSR count). The van der Waals surface area contributed by atoms with Crippen LogP contribution in [0.2, 0.25) is 0 Å². The first-order chi connectivity index (χ1) is 7.00. The van der Waals surface area contributed by atoms with E-state index in [1.54, 1.807) is 11.3 Å². The summed E-state index contributed by atoms with van der Waals surface area (Å²) in [6.45, 7) is 3.70. The van der Waals surface area contributed by atoms with Crippen molar-refractivity contribution in [1.29, 1.82) is 0 Å². The van der Waals surface area contributed by atoms with E-state index in [9.17, 15) is 4.79 Å². The van der Waals surface area contributed by atoms with E-state index in [0.29, 0.717) is 11.5 Å². The SMILES string of the molecule is Cc1cn2c(C)c(C(N)C(=O)O)nc2[nH]1. The molecule has 80 valence electrons. The molecule has 0 radical (unpaired) electrons. The maximum atomic E-state index is 10.7. The largest absolute Gasteiger partial charge is 0.480 e. The van der Waals surface area contributed by atoms with Crippen molar-refractivity contribution in [2.45, 2.75) is 19.9 Å². The number of aromatic amines is 1. The molecule has 6 nitrogen and oxygen atoms in total. The van der Waals surface area contributed by atoms with Crippen molar-refractivity contribution in [3.8, 4) is 0 Å². The number of carbonyl (C=O) groups is 1. The van der Waals surface area contributed by atoms with Crippen LogP contribution in [0.3, 0.4) is 0 Å². The van der Waals surface area contributed by atoms with Gasteiger partial charge < -0.3 is 15.8 Å². The molecule has 2 aromatic heterocycles. The molecule has 0 aromatic carbocycles. The van der Waals surface area contributed by atoms with Gasteiger partial charge in [-0.25, -0.2) is 4.98 Å². The number of hydrogen-bond donors (Lipinski definition) is 3. The number of carboxylic acid groups (broad SMARTS) is 1. The van der Waals surface area contributed by atoms with Crippen molar-refractivity contribution in [1.82, 2.24) is 14.4 Å². The Kier molecular flexibility index (Phi) is 2.01. The molecule has 0 amide bonds. The molecule has 0 spiro atoms. The Balaban J connectivity index is 2.58. The van der Waals surface area contributed by atoms with Gasteiger partial charge in [0.05, 0.1) is 5.69 Å². The maximum absolute atomic E-state index is 10.7. The molecule has 0 aliphatic carbocycles. The van der Waals surface area contributed by atoms with Crippen LogP contribution in [0.5, 0.6) is 0 Å². The Morgan fingerprint density at radius 3 is 2.87 bits per heavy atom. The second kappa shape index (κ2) is 3.09. The predicted octanol–water partition coefficient (Wildman–Crippen LogP) is 0.364. The van der Waals surface area contributed by atoms with E-state index >= 15 is 0 Å². The standard InChI is InChI=1S/C9H12N4O2/c1-4-3-13-5(2)7(6(10)8(14)15)12-9(13)11-4/h3,6H,10H2,1-2H3,(H,11,12)(H,14,15). The molecule has 0 saturated heterocycles. The van der Waals surface area contributed by atoms with Crippen LogP contribution in [0.1, 0.15) is 23.1 Å². The topological polar surface area (TPSA) is 96.4 Å². The number of H-pyrrole nitrogens is 1. The molecule has 0 saturated carbocycles. The number of aromatic nitrogens is 3. The summed E-state index contributed by atoms with van der Waals surface area (Å²) in [4.78, 5) is 17.9. The van der Waals surface area contributed by atoms with E-state index in [1.165, 1.54) is 0 Å². The number of nitrogens with two attached hydrogens (primary N) is 1. The van der Waals surface area contributed by atoms with Gasteiger partial charge in [-0.2, -0.15) is 0 Å². The van der Waals surface area contributed by atoms with E-state index in [-0.39, 0.29) is 0 Å². The second-order valence-corrected chi connectivity index (χ2v) is 3.53. The molecule has 0 aliphatic rings. The van der Waals surface area contributed by atoms with Crippen LogP contribution >= 0.6 is 0 Å². The van der Waals surface area contributed by atoms with Gasteiger partial charge in [0.2, 0.25) is 5.78 Å². The zero-order valence-corrected chi connectivity index (χ0v) is 8.48. The average Bonchev–Trinajstić information content (AvgIpc) is 2.64. The number of fused-ring (bicyclic) bond motifs is 1. The first-order valence-electron chi connectivity index (χ1n) is 4.53. The lowest BCUT2D eigenvalue weighted by Gasteiger charge is -2.03. The van der Waals surface area contributed by atoms with Crippen LogP contribution in [0.15, 0.2) is 6.20 Å². The summed E-state index contributed by atoms with van der Waals surface area (Å²) in [6.07, 6.45) is 1.86. The van der Waals surface area contributed by atoms with Crippen molar-refractivity contribution in [3.63, 3.8) is 0 Å². The molecule has 6 heteroatoms. The van der Waals surface area contributed by atoms with Crippen LogP contribution in [0.4, 0.5) is 0 Å². The fourth-order valence-corrected chi connectivity index (χ4v) is 1.59. The van der Waals surface area contributed by atoms with Gasteiger partial charge in [-0.15, -0.1) is 0 Å². The maximum Gasteiger partial charge on any atom is 0.326 e. The number of rotatable bonds is 2. The van der Waals surface area contributed by atoms with Crippen LogP contribution in [-0.4, -0.2) is 25.4 Å². The summed E-state index contributed by atoms with van der Waals surface area (Å²) in [7, 11) is 0. The Morgan fingerprint density at radius 2 is 2.33 bits per heavy atom. The lowest BCUT2D eigenvalue weighted by Crippen LogP contribution is -2.22. The smallest absolute Gasteiger partial charge is 0.326 e. The number of imidazole rings is 2. The number of nitrogens with zero attached hydrogens (tertiary/aromatic N) is 2. The van der Waals surface area contributed by atoms with E-state index in [4.69, 9.17) is 10.8 Å². The van der Waals surface area contributed by atoms with Crippen LogP contribution in [0, 0.1) is 13.8 Å². The summed E-state index contributed by atoms with van der Waals surface area (Å²) in [5, 5.41) is 8.79. The highest BCUT2D eigenvalue weighted by Gasteiger charge is 2.21. The number of aryl methyl sites for hydroxylation is 2. The first kappa shape index (κ1) is 9.72.